The fourth-order valence-electron chi connectivity index (χ4n) is 2.45. The zero-order chi connectivity index (χ0) is 16.9. The Morgan fingerprint density at radius 3 is 2.62 bits per heavy atom. The van der Waals surface area contributed by atoms with E-state index in [1.807, 2.05) is 61.7 Å². The molecule has 3 rings (SSSR count). The minimum Gasteiger partial charge on any atom is -0.367 e. The Balaban J connectivity index is 1.65. The lowest BCUT2D eigenvalue weighted by atomic mass is 10.2. The molecule has 2 aromatic rings. The lowest BCUT2D eigenvalue weighted by molar-refractivity contribution is -0.118. The molecule has 2 atom stereocenters. The van der Waals surface area contributed by atoms with Gasteiger partial charge in [0.25, 0.3) is 0 Å². The normalized spacial score (nSPS) is 19.9. The van der Waals surface area contributed by atoms with Crippen LogP contribution in [0.2, 0.25) is 0 Å². The summed E-state index contributed by atoms with van der Waals surface area (Å²) in [7, 11) is 0. The fraction of sp³-hybridized carbons (Fsp3) is 0.235. The maximum Gasteiger partial charge on any atom is 0.246 e. The summed E-state index contributed by atoms with van der Waals surface area (Å²) < 4.78 is 0. The molecule has 1 fully saturated rings. The molecule has 0 aliphatic carbocycles. The van der Waals surface area contributed by atoms with Gasteiger partial charge in [0.2, 0.25) is 5.91 Å². The largest absolute Gasteiger partial charge is 0.367 e. The smallest absolute Gasteiger partial charge is 0.246 e. The number of thioether (sulfide) groups is 1. The van der Waals surface area contributed by atoms with Crippen LogP contribution in [-0.4, -0.2) is 24.4 Å². The highest BCUT2D eigenvalue weighted by Crippen LogP contribution is 2.19. The van der Waals surface area contributed by atoms with Crippen molar-refractivity contribution >= 4 is 29.0 Å². The number of benzene rings is 2. The van der Waals surface area contributed by atoms with Crippen LogP contribution in [0.4, 0.5) is 11.4 Å². The molecule has 5 N–H and O–H groups in total. The first kappa shape index (κ1) is 16.8. The van der Waals surface area contributed by atoms with Crippen molar-refractivity contribution < 1.29 is 4.79 Å². The molecule has 126 valence electrons. The molecular formula is C17H21N5OS. The van der Waals surface area contributed by atoms with Crippen molar-refractivity contribution in [2.75, 3.05) is 16.9 Å². The van der Waals surface area contributed by atoms with Gasteiger partial charge in [0.05, 0.1) is 0 Å². The Morgan fingerprint density at radius 1 is 1.08 bits per heavy atom. The third-order valence-corrected chi connectivity index (χ3v) is 4.51. The summed E-state index contributed by atoms with van der Waals surface area (Å²) in [5, 5.41) is 6.26. The number of rotatable bonds is 5. The van der Waals surface area contributed by atoms with Crippen molar-refractivity contribution in [2.45, 2.75) is 24.0 Å². The summed E-state index contributed by atoms with van der Waals surface area (Å²) in [6, 6.07) is 15.4. The lowest BCUT2D eigenvalue weighted by Crippen LogP contribution is -2.47. The van der Waals surface area contributed by atoms with Crippen LogP contribution in [-0.2, 0) is 4.79 Å². The number of hydrogen-bond acceptors (Lipinski definition) is 6. The molecule has 6 nitrogen and oxygen atoms in total. The predicted octanol–water partition coefficient (Wildman–Crippen LogP) is 2.07. The molecule has 2 aromatic carbocycles. The second-order valence-electron chi connectivity index (χ2n) is 5.60. The van der Waals surface area contributed by atoms with E-state index in [1.54, 1.807) is 11.8 Å². The summed E-state index contributed by atoms with van der Waals surface area (Å²) in [6.45, 7) is 2.04. The molecule has 1 heterocycles. The van der Waals surface area contributed by atoms with Crippen molar-refractivity contribution in [2.24, 2.45) is 0 Å². The molecule has 0 radical (unpaired) electrons. The Morgan fingerprint density at radius 2 is 1.88 bits per heavy atom. The van der Waals surface area contributed by atoms with Crippen LogP contribution in [0, 0.1) is 6.92 Å². The summed E-state index contributed by atoms with van der Waals surface area (Å²) in [5.41, 5.74) is 11.7. The highest BCUT2D eigenvalue weighted by molar-refractivity contribution is 7.98. The van der Waals surface area contributed by atoms with Crippen LogP contribution in [0.5, 0.6) is 0 Å². The number of hydrogen-bond donors (Lipinski definition) is 5. The number of carbonyl (C=O) groups is 1. The first-order chi connectivity index (χ1) is 11.7. The van der Waals surface area contributed by atoms with E-state index in [1.165, 1.54) is 5.56 Å². The highest BCUT2D eigenvalue weighted by atomic mass is 32.2. The molecule has 2 unspecified atom stereocenters. The summed E-state index contributed by atoms with van der Waals surface area (Å²) in [5.74, 6) is -0.115. The molecule has 0 saturated carbocycles. The fourth-order valence-corrected chi connectivity index (χ4v) is 2.91. The zero-order valence-corrected chi connectivity index (χ0v) is 14.4. The van der Waals surface area contributed by atoms with Crippen molar-refractivity contribution in [1.82, 2.24) is 16.4 Å². The lowest BCUT2D eigenvalue weighted by Gasteiger charge is -2.20. The highest BCUT2D eigenvalue weighted by Gasteiger charge is 2.32. The van der Waals surface area contributed by atoms with Crippen molar-refractivity contribution in [3.8, 4) is 0 Å². The maximum atomic E-state index is 12.6. The summed E-state index contributed by atoms with van der Waals surface area (Å²) in [6.07, 6.45) is 1.74. The van der Waals surface area contributed by atoms with Gasteiger partial charge in [-0.15, -0.1) is 11.8 Å². The molecule has 24 heavy (non-hydrogen) atoms. The molecular weight excluding hydrogens is 322 g/mol. The second-order valence-corrected chi connectivity index (χ2v) is 6.48. The van der Waals surface area contributed by atoms with Gasteiger partial charge in [0.15, 0.2) is 0 Å². The van der Waals surface area contributed by atoms with E-state index in [-0.39, 0.29) is 12.1 Å². The molecule has 0 bridgehead atoms. The first-order valence-corrected chi connectivity index (χ1v) is 8.92. The van der Waals surface area contributed by atoms with Crippen LogP contribution in [0.3, 0.4) is 0 Å². The van der Waals surface area contributed by atoms with Gasteiger partial charge >= 0.3 is 0 Å². The average Bonchev–Trinajstić information content (AvgIpc) is 3.05. The zero-order valence-electron chi connectivity index (χ0n) is 13.6. The SMILES string of the molecule is CSc1cccc(NC(=O)C2NNNC2Nc2ccc(C)cc2)c1. The van der Waals surface area contributed by atoms with Gasteiger partial charge in [0.1, 0.15) is 12.2 Å². The van der Waals surface area contributed by atoms with Gasteiger partial charge < -0.3 is 10.6 Å². The standard InChI is InChI=1S/C17H21N5OS/c1-11-6-8-12(9-7-11)18-16-15(20-22-21-16)17(23)19-13-4-3-5-14(10-13)24-2/h3-10,15-16,18,20-22H,1-2H3,(H,19,23). The van der Waals surface area contributed by atoms with Crippen LogP contribution < -0.4 is 27.0 Å². The quantitative estimate of drug-likeness (QED) is 0.535. The number of aryl methyl sites for hydroxylation is 1. The Labute approximate surface area is 145 Å². The number of nitrogens with one attached hydrogen (secondary N) is 5. The van der Waals surface area contributed by atoms with Gasteiger partial charge in [0, 0.05) is 16.3 Å². The van der Waals surface area contributed by atoms with Gasteiger partial charge in [-0.25, -0.2) is 10.9 Å². The molecule has 7 heteroatoms. The van der Waals surface area contributed by atoms with E-state index >= 15 is 0 Å². The summed E-state index contributed by atoms with van der Waals surface area (Å²) >= 11 is 1.64. The second kappa shape index (κ2) is 7.67. The van der Waals surface area contributed by atoms with Crippen LogP contribution in [0.15, 0.2) is 53.4 Å². The van der Waals surface area contributed by atoms with Crippen molar-refractivity contribution in [3.63, 3.8) is 0 Å². The van der Waals surface area contributed by atoms with E-state index < -0.39 is 6.04 Å². The third kappa shape index (κ3) is 4.07. The van der Waals surface area contributed by atoms with E-state index in [9.17, 15) is 4.79 Å². The molecule has 0 spiro atoms. The van der Waals surface area contributed by atoms with E-state index in [0.29, 0.717) is 0 Å². The van der Waals surface area contributed by atoms with Gasteiger partial charge in [-0.1, -0.05) is 23.8 Å². The van der Waals surface area contributed by atoms with E-state index in [0.717, 1.165) is 16.3 Å². The third-order valence-electron chi connectivity index (χ3n) is 3.78. The average molecular weight is 343 g/mol. The van der Waals surface area contributed by atoms with Crippen molar-refractivity contribution in [1.29, 1.82) is 0 Å². The molecule has 1 amide bonds. The molecule has 1 aliphatic heterocycles. The van der Waals surface area contributed by atoms with Crippen LogP contribution in [0.1, 0.15) is 5.56 Å². The Bertz CT molecular complexity index is 706. The molecule has 1 saturated heterocycles. The van der Waals surface area contributed by atoms with Gasteiger partial charge in [-0.05, 0) is 43.5 Å². The minimum absolute atomic E-state index is 0.115. The Hall–Kier alpha value is -2.06. The number of carbonyl (C=O) groups excluding carboxylic acids is 1. The van der Waals surface area contributed by atoms with Gasteiger partial charge in [-0.2, -0.15) is 5.53 Å². The molecule has 1 aliphatic rings. The van der Waals surface area contributed by atoms with E-state index in [2.05, 4.69) is 27.0 Å². The number of hydrazine groups is 2. The Kier molecular flexibility index (Phi) is 5.37. The number of amides is 1. The van der Waals surface area contributed by atoms with Crippen molar-refractivity contribution in [3.05, 3.63) is 54.1 Å². The first-order valence-electron chi connectivity index (χ1n) is 7.70. The van der Waals surface area contributed by atoms with Gasteiger partial charge in [-0.3, -0.25) is 4.79 Å². The maximum absolute atomic E-state index is 12.6. The molecule has 0 aromatic heterocycles. The predicted molar refractivity (Wildman–Crippen MR) is 98.6 cm³/mol. The number of anilines is 2. The summed E-state index contributed by atoms with van der Waals surface area (Å²) in [4.78, 5) is 13.7. The monoisotopic (exact) mass is 343 g/mol. The topological polar surface area (TPSA) is 77.2 Å². The van der Waals surface area contributed by atoms with Crippen LogP contribution in [0.25, 0.3) is 0 Å². The van der Waals surface area contributed by atoms with Crippen LogP contribution >= 0.6 is 11.8 Å². The van der Waals surface area contributed by atoms with E-state index in [4.69, 9.17) is 0 Å². The minimum atomic E-state index is -0.454.